The van der Waals surface area contributed by atoms with Crippen molar-refractivity contribution in [2.75, 3.05) is 13.2 Å². The van der Waals surface area contributed by atoms with Crippen LogP contribution in [0, 0.1) is 0 Å². The summed E-state index contributed by atoms with van der Waals surface area (Å²) in [5.41, 5.74) is 13.2. The molecule has 0 aliphatic heterocycles. The van der Waals surface area contributed by atoms with Crippen LogP contribution in [0.1, 0.15) is 36.9 Å². The van der Waals surface area contributed by atoms with E-state index in [2.05, 4.69) is 26.0 Å². The topological polar surface area (TPSA) is 78.3 Å². The Kier molecular flexibility index (Phi) is 5.12. The van der Waals surface area contributed by atoms with Crippen LogP contribution in [-0.4, -0.2) is 19.1 Å². The summed E-state index contributed by atoms with van der Waals surface area (Å²) in [5, 5.41) is 0. The van der Waals surface area contributed by atoms with Crippen molar-refractivity contribution >= 4 is 5.91 Å². The first-order valence-corrected chi connectivity index (χ1v) is 5.72. The number of hydrogen-bond donors (Lipinski definition) is 2. The monoisotopic (exact) mass is 236 g/mol. The largest absolute Gasteiger partial charge is 0.370 e. The predicted molar refractivity (Wildman–Crippen MR) is 67.5 cm³/mol. The van der Waals surface area contributed by atoms with E-state index in [9.17, 15) is 4.79 Å². The van der Waals surface area contributed by atoms with Gasteiger partial charge in [0, 0.05) is 0 Å². The van der Waals surface area contributed by atoms with E-state index in [-0.39, 0.29) is 12.6 Å². The molecule has 4 N–H and O–H groups in total. The predicted octanol–water partition coefficient (Wildman–Crippen LogP) is 1.31. The van der Waals surface area contributed by atoms with Gasteiger partial charge in [-0.15, -0.1) is 0 Å². The average Bonchev–Trinajstić information content (AvgIpc) is 2.28. The number of carbonyl (C=O) groups is 1. The van der Waals surface area contributed by atoms with Crippen molar-refractivity contribution < 1.29 is 9.53 Å². The van der Waals surface area contributed by atoms with Crippen molar-refractivity contribution in [3.8, 4) is 0 Å². The zero-order valence-electron chi connectivity index (χ0n) is 10.3. The van der Waals surface area contributed by atoms with Crippen molar-refractivity contribution in [3.05, 3.63) is 35.4 Å². The van der Waals surface area contributed by atoms with E-state index in [1.54, 1.807) is 0 Å². The highest BCUT2D eigenvalue weighted by molar-refractivity contribution is 5.74. The molecule has 0 saturated carbocycles. The highest BCUT2D eigenvalue weighted by atomic mass is 16.5. The Bertz CT molecular complexity index is 360. The maximum atomic E-state index is 10.5. The van der Waals surface area contributed by atoms with Gasteiger partial charge in [-0.2, -0.15) is 0 Å². The number of amides is 1. The number of primary amides is 1. The molecule has 0 bridgehead atoms. The summed E-state index contributed by atoms with van der Waals surface area (Å²) in [6.45, 7) is 4.50. The second-order valence-corrected chi connectivity index (χ2v) is 4.41. The Morgan fingerprint density at radius 3 is 2.24 bits per heavy atom. The van der Waals surface area contributed by atoms with Gasteiger partial charge in [0.15, 0.2) is 0 Å². The van der Waals surface area contributed by atoms with E-state index < -0.39 is 5.91 Å². The fourth-order valence-electron chi connectivity index (χ4n) is 1.51. The number of nitrogens with two attached hydrogens (primary N) is 2. The first kappa shape index (κ1) is 13.7. The summed E-state index contributed by atoms with van der Waals surface area (Å²) in [7, 11) is 0. The molecule has 0 aliphatic rings. The van der Waals surface area contributed by atoms with Crippen LogP contribution in [0.3, 0.4) is 0 Å². The first-order chi connectivity index (χ1) is 8.00. The Morgan fingerprint density at radius 1 is 1.24 bits per heavy atom. The number of benzene rings is 1. The minimum atomic E-state index is -0.479. The minimum Gasteiger partial charge on any atom is -0.370 e. The van der Waals surface area contributed by atoms with Gasteiger partial charge in [-0.3, -0.25) is 4.79 Å². The van der Waals surface area contributed by atoms with Gasteiger partial charge in [-0.05, 0) is 17.0 Å². The lowest BCUT2D eigenvalue weighted by atomic mass is 10.00. The molecule has 1 amide bonds. The molecule has 0 aliphatic carbocycles. The zero-order chi connectivity index (χ0) is 12.8. The van der Waals surface area contributed by atoms with Gasteiger partial charge in [-0.25, -0.2) is 0 Å². The van der Waals surface area contributed by atoms with Crippen LogP contribution in [0.25, 0.3) is 0 Å². The summed E-state index contributed by atoms with van der Waals surface area (Å²) in [6, 6.07) is 7.89. The average molecular weight is 236 g/mol. The fourth-order valence-corrected chi connectivity index (χ4v) is 1.51. The van der Waals surface area contributed by atoms with Gasteiger partial charge >= 0.3 is 0 Å². The molecule has 1 rings (SSSR count). The molecule has 0 saturated heterocycles. The van der Waals surface area contributed by atoms with E-state index >= 15 is 0 Å². The van der Waals surface area contributed by atoms with E-state index in [0.29, 0.717) is 12.5 Å². The minimum absolute atomic E-state index is 0.0855. The van der Waals surface area contributed by atoms with Crippen LogP contribution >= 0.6 is 0 Å². The van der Waals surface area contributed by atoms with Crippen LogP contribution in [0.2, 0.25) is 0 Å². The quantitative estimate of drug-likeness (QED) is 0.781. The Morgan fingerprint density at radius 2 is 1.76 bits per heavy atom. The molecule has 17 heavy (non-hydrogen) atoms. The highest BCUT2D eigenvalue weighted by Gasteiger charge is 2.07. The third-order valence-electron chi connectivity index (χ3n) is 2.57. The molecule has 1 aromatic rings. The summed E-state index contributed by atoms with van der Waals surface area (Å²) >= 11 is 0. The van der Waals surface area contributed by atoms with Gasteiger partial charge in [0.1, 0.15) is 6.61 Å². The molecular weight excluding hydrogens is 216 g/mol. The van der Waals surface area contributed by atoms with E-state index in [0.717, 1.165) is 5.56 Å². The second kappa shape index (κ2) is 6.37. The molecular formula is C13H20N2O2. The molecule has 0 heterocycles. The van der Waals surface area contributed by atoms with Crippen molar-refractivity contribution in [2.45, 2.75) is 25.8 Å². The van der Waals surface area contributed by atoms with Crippen LogP contribution < -0.4 is 11.5 Å². The molecule has 1 atom stereocenters. The standard InChI is InChI=1S/C13H20N2O2/c1-9(2)10-3-5-11(6-4-10)12(14)7-17-8-13(15)16/h3-6,9,12H,7-8,14H2,1-2H3,(H2,15,16). The lowest BCUT2D eigenvalue weighted by Gasteiger charge is -2.13. The summed E-state index contributed by atoms with van der Waals surface area (Å²) < 4.78 is 5.09. The first-order valence-electron chi connectivity index (χ1n) is 5.72. The van der Waals surface area contributed by atoms with Gasteiger partial charge in [0.25, 0.3) is 0 Å². The normalized spacial score (nSPS) is 12.7. The summed E-state index contributed by atoms with van der Waals surface area (Å²) in [4.78, 5) is 10.5. The fraction of sp³-hybridized carbons (Fsp3) is 0.462. The Balaban J connectivity index is 2.51. The third kappa shape index (κ3) is 4.54. The van der Waals surface area contributed by atoms with Crippen LogP contribution in [0.5, 0.6) is 0 Å². The van der Waals surface area contributed by atoms with E-state index in [1.165, 1.54) is 5.56 Å². The van der Waals surface area contributed by atoms with E-state index in [4.69, 9.17) is 16.2 Å². The van der Waals surface area contributed by atoms with Gasteiger partial charge in [0.05, 0.1) is 12.6 Å². The van der Waals surface area contributed by atoms with Crippen molar-refractivity contribution in [2.24, 2.45) is 11.5 Å². The molecule has 4 heteroatoms. The van der Waals surface area contributed by atoms with Crippen LogP contribution in [0.4, 0.5) is 0 Å². The van der Waals surface area contributed by atoms with Crippen molar-refractivity contribution in [1.29, 1.82) is 0 Å². The highest BCUT2D eigenvalue weighted by Crippen LogP contribution is 2.17. The molecule has 1 unspecified atom stereocenters. The van der Waals surface area contributed by atoms with Gasteiger partial charge in [-0.1, -0.05) is 38.1 Å². The summed E-state index contributed by atoms with van der Waals surface area (Å²) in [6.07, 6.45) is 0. The van der Waals surface area contributed by atoms with Crippen molar-refractivity contribution in [3.63, 3.8) is 0 Å². The number of carbonyl (C=O) groups excluding carboxylic acids is 1. The van der Waals surface area contributed by atoms with Gasteiger partial charge in [0.2, 0.25) is 5.91 Å². The zero-order valence-corrected chi connectivity index (χ0v) is 10.3. The lowest BCUT2D eigenvalue weighted by Crippen LogP contribution is -2.23. The second-order valence-electron chi connectivity index (χ2n) is 4.41. The Labute approximate surface area is 102 Å². The number of hydrogen-bond acceptors (Lipinski definition) is 3. The molecule has 0 spiro atoms. The van der Waals surface area contributed by atoms with Crippen LogP contribution in [-0.2, 0) is 9.53 Å². The number of ether oxygens (including phenoxy) is 1. The SMILES string of the molecule is CC(C)c1ccc(C(N)COCC(N)=O)cc1. The number of rotatable bonds is 6. The molecule has 0 fully saturated rings. The van der Waals surface area contributed by atoms with Crippen molar-refractivity contribution in [1.82, 2.24) is 0 Å². The van der Waals surface area contributed by atoms with Gasteiger partial charge < -0.3 is 16.2 Å². The van der Waals surface area contributed by atoms with Crippen LogP contribution in [0.15, 0.2) is 24.3 Å². The molecule has 4 nitrogen and oxygen atoms in total. The summed E-state index contributed by atoms with van der Waals surface area (Å²) in [5.74, 6) is 0.0266. The third-order valence-corrected chi connectivity index (χ3v) is 2.57. The maximum Gasteiger partial charge on any atom is 0.243 e. The molecule has 94 valence electrons. The molecule has 0 aromatic heterocycles. The molecule has 0 radical (unpaired) electrons. The maximum absolute atomic E-state index is 10.5. The Hall–Kier alpha value is -1.39. The van der Waals surface area contributed by atoms with E-state index in [1.807, 2.05) is 12.1 Å². The lowest BCUT2D eigenvalue weighted by molar-refractivity contribution is -0.122. The smallest absolute Gasteiger partial charge is 0.243 e. The molecule has 1 aromatic carbocycles.